The maximum absolute atomic E-state index is 12.6. The summed E-state index contributed by atoms with van der Waals surface area (Å²) in [6, 6.07) is 0. The normalized spacial score (nSPS) is 13.8. The first-order chi connectivity index (χ1) is 24.5. The lowest BCUT2D eigenvalue weighted by molar-refractivity contribution is -0.870. The molecule has 0 bridgehead atoms. The molecular weight excluding hydrogens is 665 g/mol. The van der Waals surface area contributed by atoms with Crippen LogP contribution in [0.5, 0.6) is 0 Å². The number of carbonyl (C=O) groups is 2. The molecule has 51 heavy (non-hydrogen) atoms. The fourth-order valence-electron chi connectivity index (χ4n) is 5.71. The number of rotatable bonds is 38. The number of quaternary nitrogens is 1. The van der Waals surface area contributed by atoms with Gasteiger partial charge >= 0.3 is 19.8 Å². The van der Waals surface area contributed by atoms with Crippen molar-refractivity contribution in [3.63, 3.8) is 0 Å². The standard InChI is InChI=1S/C41H80NO8P/c1-6-8-10-12-14-16-17-18-19-20-21-22-23-24-26-28-30-32-34-41(44)50-39(38-49-51(45,46)48-36-35-42(3,4)5)37-47-40(43)33-31-29-27-25-15-13-11-9-7-2/h19-20,39H,6-18,21-38H2,1-5H3/p+1/b20-19-. The molecule has 0 heterocycles. The minimum absolute atomic E-state index is 0.0336. The van der Waals surface area contributed by atoms with E-state index in [2.05, 4.69) is 26.0 Å². The van der Waals surface area contributed by atoms with E-state index in [1.165, 1.54) is 109 Å². The Morgan fingerprint density at radius 2 is 1.00 bits per heavy atom. The second-order valence-electron chi connectivity index (χ2n) is 15.4. The third-order valence-corrected chi connectivity index (χ3v) is 10.0. The van der Waals surface area contributed by atoms with Crippen molar-refractivity contribution >= 4 is 19.8 Å². The van der Waals surface area contributed by atoms with Gasteiger partial charge in [0.25, 0.3) is 0 Å². The van der Waals surface area contributed by atoms with E-state index >= 15 is 0 Å². The molecule has 0 aromatic rings. The Hall–Kier alpha value is -1.25. The number of nitrogens with zero attached hydrogens (tertiary/aromatic N) is 1. The second-order valence-corrected chi connectivity index (χ2v) is 16.8. The number of phosphoric ester groups is 1. The zero-order chi connectivity index (χ0) is 37.9. The predicted molar refractivity (Wildman–Crippen MR) is 211 cm³/mol. The molecule has 0 saturated carbocycles. The van der Waals surface area contributed by atoms with Gasteiger partial charge in [-0.15, -0.1) is 0 Å². The molecule has 0 rings (SSSR count). The van der Waals surface area contributed by atoms with E-state index in [9.17, 15) is 19.0 Å². The summed E-state index contributed by atoms with van der Waals surface area (Å²) in [5.41, 5.74) is 0. The Bertz CT molecular complexity index is 891. The molecule has 0 spiro atoms. The van der Waals surface area contributed by atoms with Crippen molar-refractivity contribution in [2.45, 2.75) is 193 Å². The number of hydrogen-bond acceptors (Lipinski definition) is 7. The van der Waals surface area contributed by atoms with Gasteiger partial charge in [-0.3, -0.25) is 18.6 Å². The monoisotopic (exact) mass is 747 g/mol. The van der Waals surface area contributed by atoms with Crippen LogP contribution in [-0.4, -0.2) is 74.9 Å². The Balaban J connectivity index is 4.32. The van der Waals surface area contributed by atoms with Crippen molar-refractivity contribution in [1.82, 2.24) is 0 Å². The first kappa shape index (κ1) is 49.8. The molecule has 2 atom stereocenters. The molecule has 0 amide bonds. The quantitative estimate of drug-likeness (QED) is 0.0219. The van der Waals surface area contributed by atoms with Crippen LogP contribution < -0.4 is 0 Å². The molecule has 0 fully saturated rings. The van der Waals surface area contributed by atoms with Crippen LogP contribution in [0.1, 0.15) is 187 Å². The summed E-state index contributed by atoms with van der Waals surface area (Å²) in [5.74, 6) is -0.800. The van der Waals surface area contributed by atoms with Crippen molar-refractivity contribution in [3.05, 3.63) is 12.2 Å². The summed E-state index contributed by atoms with van der Waals surface area (Å²) >= 11 is 0. The molecule has 0 saturated heterocycles. The number of phosphoric acid groups is 1. The molecule has 0 radical (unpaired) electrons. The highest BCUT2D eigenvalue weighted by molar-refractivity contribution is 7.47. The molecule has 9 nitrogen and oxygen atoms in total. The summed E-state index contributed by atoms with van der Waals surface area (Å²) in [4.78, 5) is 35.2. The Labute approximate surface area is 314 Å². The molecular formula is C41H81NO8P+. The first-order valence-electron chi connectivity index (χ1n) is 20.9. The molecule has 10 heteroatoms. The highest BCUT2D eigenvalue weighted by Gasteiger charge is 2.27. The minimum atomic E-state index is -4.36. The molecule has 0 aromatic heterocycles. The van der Waals surface area contributed by atoms with Crippen LogP contribution >= 0.6 is 7.82 Å². The van der Waals surface area contributed by atoms with E-state index in [0.29, 0.717) is 23.9 Å². The van der Waals surface area contributed by atoms with Crippen molar-refractivity contribution in [2.75, 3.05) is 47.5 Å². The Morgan fingerprint density at radius 1 is 0.588 bits per heavy atom. The molecule has 0 aliphatic rings. The summed E-state index contributed by atoms with van der Waals surface area (Å²) in [6.07, 6.45) is 34.0. The number of likely N-dealkylation sites (N-methyl/N-ethyl adjacent to an activating group) is 1. The van der Waals surface area contributed by atoms with Gasteiger partial charge in [0.2, 0.25) is 0 Å². The zero-order valence-electron chi connectivity index (χ0n) is 33.9. The van der Waals surface area contributed by atoms with Gasteiger partial charge in [-0.1, -0.05) is 148 Å². The van der Waals surface area contributed by atoms with Gasteiger partial charge in [0.05, 0.1) is 27.7 Å². The molecule has 0 aliphatic heterocycles. The van der Waals surface area contributed by atoms with Crippen LogP contribution in [0.3, 0.4) is 0 Å². The van der Waals surface area contributed by atoms with Crippen molar-refractivity contribution in [2.24, 2.45) is 0 Å². The third-order valence-electron chi connectivity index (χ3n) is 9.05. The van der Waals surface area contributed by atoms with E-state index in [1.54, 1.807) is 0 Å². The number of esters is 2. The fourth-order valence-corrected chi connectivity index (χ4v) is 6.46. The first-order valence-corrected chi connectivity index (χ1v) is 22.4. The minimum Gasteiger partial charge on any atom is -0.462 e. The topological polar surface area (TPSA) is 108 Å². The molecule has 2 unspecified atom stereocenters. The predicted octanol–water partition coefficient (Wildman–Crippen LogP) is 11.4. The lowest BCUT2D eigenvalue weighted by Crippen LogP contribution is -2.37. The lowest BCUT2D eigenvalue weighted by atomic mass is 10.1. The van der Waals surface area contributed by atoms with Gasteiger partial charge in [-0.2, -0.15) is 0 Å². The van der Waals surface area contributed by atoms with Gasteiger partial charge in [-0.25, -0.2) is 4.57 Å². The van der Waals surface area contributed by atoms with Gasteiger partial charge in [0.1, 0.15) is 19.8 Å². The maximum atomic E-state index is 12.6. The van der Waals surface area contributed by atoms with E-state index in [0.717, 1.165) is 44.9 Å². The second kappa shape index (κ2) is 34.5. The molecule has 302 valence electrons. The van der Waals surface area contributed by atoms with Crippen LogP contribution in [0.4, 0.5) is 0 Å². The zero-order valence-corrected chi connectivity index (χ0v) is 34.7. The van der Waals surface area contributed by atoms with Gasteiger partial charge < -0.3 is 18.9 Å². The van der Waals surface area contributed by atoms with Crippen LogP contribution in [0.2, 0.25) is 0 Å². The average molecular weight is 747 g/mol. The summed E-state index contributed by atoms with van der Waals surface area (Å²) in [7, 11) is 1.48. The summed E-state index contributed by atoms with van der Waals surface area (Å²) in [5, 5.41) is 0. The van der Waals surface area contributed by atoms with Crippen molar-refractivity contribution in [3.8, 4) is 0 Å². The SMILES string of the molecule is CCCCCCCCC/C=C\CCCCCCCCCC(=O)OC(COC(=O)CCCCCCCCCCC)COP(=O)(O)OCC[N+](C)(C)C. The van der Waals surface area contributed by atoms with Crippen molar-refractivity contribution in [1.29, 1.82) is 0 Å². The van der Waals surface area contributed by atoms with Crippen LogP contribution in [0, 0.1) is 0 Å². The number of allylic oxidation sites excluding steroid dienone is 2. The van der Waals surface area contributed by atoms with Crippen LogP contribution in [0.15, 0.2) is 12.2 Å². The van der Waals surface area contributed by atoms with E-state index in [1.807, 2.05) is 21.1 Å². The average Bonchev–Trinajstić information content (AvgIpc) is 3.07. The number of ether oxygens (including phenoxy) is 2. The van der Waals surface area contributed by atoms with Gasteiger partial charge in [0.15, 0.2) is 6.10 Å². The molecule has 0 aliphatic carbocycles. The van der Waals surface area contributed by atoms with Crippen LogP contribution in [0.25, 0.3) is 0 Å². The number of hydrogen-bond donors (Lipinski definition) is 1. The summed E-state index contributed by atoms with van der Waals surface area (Å²) in [6.45, 7) is 4.40. The maximum Gasteiger partial charge on any atom is 0.472 e. The van der Waals surface area contributed by atoms with Crippen LogP contribution in [-0.2, 0) is 32.7 Å². The smallest absolute Gasteiger partial charge is 0.462 e. The highest BCUT2D eigenvalue weighted by Crippen LogP contribution is 2.43. The molecule has 0 aromatic carbocycles. The largest absolute Gasteiger partial charge is 0.472 e. The van der Waals surface area contributed by atoms with E-state index in [-0.39, 0.29) is 25.6 Å². The lowest BCUT2D eigenvalue weighted by Gasteiger charge is -2.24. The molecule has 1 N–H and O–H groups in total. The van der Waals surface area contributed by atoms with Gasteiger partial charge in [0, 0.05) is 12.8 Å². The Morgan fingerprint density at radius 3 is 1.45 bits per heavy atom. The van der Waals surface area contributed by atoms with E-state index in [4.69, 9.17) is 18.5 Å². The van der Waals surface area contributed by atoms with E-state index < -0.39 is 26.5 Å². The highest BCUT2D eigenvalue weighted by atomic mass is 31.2. The number of unbranched alkanes of at least 4 members (excludes halogenated alkanes) is 22. The van der Waals surface area contributed by atoms with Crippen molar-refractivity contribution < 1.29 is 42.1 Å². The summed E-state index contributed by atoms with van der Waals surface area (Å²) < 4.78 is 34.2. The van der Waals surface area contributed by atoms with Gasteiger partial charge in [-0.05, 0) is 38.5 Å². The fraction of sp³-hybridized carbons (Fsp3) is 0.902. The third kappa shape index (κ3) is 38.3. The Kier molecular flexibility index (Phi) is 33.7. The number of carbonyl (C=O) groups excluding carboxylic acids is 2.